The molecule has 0 spiro atoms. The fourth-order valence-corrected chi connectivity index (χ4v) is 1.06. The van der Waals surface area contributed by atoms with E-state index in [1.165, 1.54) is 0 Å². The summed E-state index contributed by atoms with van der Waals surface area (Å²) < 4.78 is 0. The molecule has 0 aromatic rings. The highest BCUT2D eigenvalue weighted by Crippen LogP contribution is 2.22. The zero-order chi connectivity index (χ0) is 14.4. The molecule has 1 heterocycles. The summed E-state index contributed by atoms with van der Waals surface area (Å²) in [5, 5.41) is 80.3. The highest BCUT2D eigenvalue weighted by molar-refractivity contribution is 5.86. The predicted octanol–water partition coefficient (Wildman–Crippen LogP) is -1.31. The van der Waals surface area contributed by atoms with Gasteiger partial charge in [0.2, 0.25) is 0 Å². The lowest BCUT2D eigenvalue weighted by atomic mass is 10.5. The van der Waals surface area contributed by atoms with E-state index >= 15 is 0 Å². The van der Waals surface area contributed by atoms with Crippen LogP contribution in [-0.4, -0.2) is 63.4 Å². The van der Waals surface area contributed by atoms with Gasteiger partial charge in [-0.3, -0.25) is 0 Å². The Bertz CT molecular complexity index is 374. The van der Waals surface area contributed by atoms with E-state index in [4.69, 9.17) is 31.2 Å². The Morgan fingerprint density at radius 1 is 1.06 bits per heavy atom. The van der Waals surface area contributed by atoms with Crippen LogP contribution in [0.25, 0.3) is 0 Å². The van der Waals surface area contributed by atoms with Gasteiger partial charge in [-0.05, 0) is 9.95 Å². The molecule has 0 amide bonds. The molecule has 0 aromatic heterocycles. The van der Waals surface area contributed by atoms with Gasteiger partial charge in [-0.15, -0.1) is 4.99 Å². The molecule has 1 unspecified atom stereocenters. The van der Waals surface area contributed by atoms with Crippen LogP contribution < -0.4 is 0 Å². The molecule has 14 heteroatoms. The van der Waals surface area contributed by atoms with Gasteiger partial charge in [0, 0.05) is 11.2 Å². The molecule has 14 nitrogen and oxygen atoms in total. The van der Waals surface area contributed by atoms with Gasteiger partial charge in [-0.1, -0.05) is 5.01 Å². The third-order valence-corrected chi connectivity index (χ3v) is 1.76. The quantitative estimate of drug-likeness (QED) is 0.258. The van der Waals surface area contributed by atoms with Gasteiger partial charge in [0.15, 0.2) is 0 Å². The van der Waals surface area contributed by atoms with Crippen LogP contribution in [0.3, 0.4) is 0 Å². The van der Waals surface area contributed by atoms with E-state index < -0.39 is 27.2 Å². The summed E-state index contributed by atoms with van der Waals surface area (Å²) in [6.45, 7) is 0. The Labute approximate surface area is 97.4 Å². The van der Waals surface area contributed by atoms with Crippen molar-refractivity contribution in [3.8, 4) is 0 Å². The lowest BCUT2D eigenvalue weighted by molar-refractivity contribution is -1.32. The molecule has 1 rings (SSSR count). The van der Waals surface area contributed by atoms with Crippen LogP contribution in [-0.2, 0) is 0 Å². The molecule has 18 heavy (non-hydrogen) atoms. The Morgan fingerprint density at radius 2 is 1.56 bits per heavy atom. The molecule has 0 bridgehead atoms. The number of hydrogen-bond donors (Lipinski definition) is 6. The average molecular weight is 271 g/mol. The number of quaternary nitrogens is 3. The van der Waals surface area contributed by atoms with Gasteiger partial charge in [0.25, 0.3) is 5.84 Å². The maximum Gasteiger partial charge on any atom is 0.376 e. The molecular formula is C4H9N5O9. The molecule has 0 aromatic carbocycles. The van der Waals surface area contributed by atoms with Crippen molar-refractivity contribution in [1.29, 1.82) is 0 Å². The Hall–Kier alpha value is -1.27. The molecule has 0 aliphatic carbocycles. The van der Waals surface area contributed by atoms with E-state index in [0.29, 0.717) is 12.3 Å². The topological polar surface area (TPSA) is 206 Å². The highest BCUT2D eigenvalue weighted by Gasteiger charge is 2.46. The monoisotopic (exact) mass is 271 g/mol. The fourth-order valence-electron chi connectivity index (χ4n) is 1.06. The lowest BCUT2D eigenvalue weighted by Gasteiger charge is -2.41. The molecule has 1 aliphatic rings. The number of hydroxylamine groups is 6. The third-order valence-electron chi connectivity index (χ3n) is 1.76. The second-order valence-electron chi connectivity index (χ2n) is 3.18. The number of nitrogens with zero attached hydrogens (tertiary/aromatic N) is 5. The van der Waals surface area contributed by atoms with Gasteiger partial charge in [0.1, 0.15) is 0 Å². The normalized spacial score (nSPS) is 22.2. The fraction of sp³-hybridized carbons (Fsp3) is 0.250. The molecule has 0 saturated heterocycles. The zero-order valence-corrected chi connectivity index (χ0v) is 8.38. The van der Waals surface area contributed by atoms with Crippen LogP contribution in [0, 0.1) is 15.6 Å². The number of aliphatic imine (C=N–C) groups is 1. The maximum absolute atomic E-state index is 10.8. The van der Waals surface area contributed by atoms with Crippen LogP contribution in [0.5, 0.6) is 0 Å². The van der Waals surface area contributed by atoms with Crippen LogP contribution in [0.1, 0.15) is 0 Å². The van der Waals surface area contributed by atoms with E-state index in [-0.39, 0.29) is 5.01 Å². The van der Waals surface area contributed by atoms with Crippen molar-refractivity contribution in [2.75, 3.05) is 0 Å². The standard InChI is InChI=1S/C4H9N5O9/c10-7(11,12)3-1-2-6(9(16,17)18)4(5-3)8(13,14)15/h1-2,4,10-11,13-14,16-17H. The highest BCUT2D eigenvalue weighted by atomic mass is 17.1. The van der Waals surface area contributed by atoms with Crippen molar-refractivity contribution >= 4 is 5.84 Å². The van der Waals surface area contributed by atoms with Crippen molar-refractivity contribution in [3.63, 3.8) is 0 Å². The number of amidine groups is 1. The predicted molar refractivity (Wildman–Crippen MR) is 43.8 cm³/mol. The van der Waals surface area contributed by atoms with E-state index in [1.54, 1.807) is 0 Å². The molecule has 0 fully saturated rings. The van der Waals surface area contributed by atoms with E-state index in [9.17, 15) is 15.6 Å². The molecule has 0 radical (unpaired) electrons. The number of rotatable bonds is 2. The van der Waals surface area contributed by atoms with E-state index in [0.717, 1.165) is 0 Å². The minimum Gasteiger partial charge on any atom is -0.561 e. The summed E-state index contributed by atoms with van der Waals surface area (Å²) in [5.74, 6) is -1.22. The summed E-state index contributed by atoms with van der Waals surface area (Å²) in [4.78, 5) is -3.67. The van der Waals surface area contributed by atoms with Crippen LogP contribution in [0.2, 0.25) is 0 Å². The molecule has 6 N–H and O–H groups in total. The lowest BCUT2D eigenvalue weighted by Crippen LogP contribution is -2.63. The van der Waals surface area contributed by atoms with E-state index in [2.05, 4.69) is 4.99 Å². The second-order valence-corrected chi connectivity index (χ2v) is 3.18. The van der Waals surface area contributed by atoms with Crippen LogP contribution in [0.15, 0.2) is 17.3 Å². The van der Waals surface area contributed by atoms with Gasteiger partial charge in [-0.25, -0.2) is 0 Å². The van der Waals surface area contributed by atoms with Gasteiger partial charge >= 0.3 is 6.29 Å². The minimum absolute atomic E-state index is 0.314. The molecule has 104 valence electrons. The van der Waals surface area contributed by atoms with Crippen molar-refractivity contribution in [1.82, 2.24) is 5.01 Å². The largest absolute Gasteiger partial charge is 0.561 e. The maximum atomic E-state index is 10.8. The van der Waals surface area contributed by atoms with Crippen molar-refractivity contribution in [3.05, 3.63) is 27.9 Å². The second kappa shape index (κ2) is 4.13. The van der Waals surface area contributed by atoms with Crippen LogP contribution >= 0.6 is 0 Å². The summed E-state index contributed by atoms with van der Waals surface area (Å²) in [6.07, 6.45) is -1.94. The Balaban J connectivity index is 3.18. The summed E-state index contributed by atoms with van der Waals surface area (Å²) in [7, 11) is 0. The first kappa shape index (κ1) is 14.8. The van der Waals surface area contributed by atoms with Crippen molar-refractivity contribution in [2.45, 2.75) is 6.29 Å². The summed E-state index contributed by atoms with van der Waals surface area (Å²) in [5.41, 5.74) is 0. The van der Waals surface area contributed by atoms with Crippen LogP contribution in [0.4, 0.5) is 0 Å². The third kappa shape index (κ3) is 3.14. The first-order chi connectivity index (χ1) is 7.83. The Morgan fingerprint density at radius 3 is 1.89 bits per heavy atom. The number of hydrogen-bond acceptors (Lipinski definition) is 11. The Kier molecular flexibility index (Phi) is 3.40. The summed E-state index contributed by atoms with van der Waals surface area (Å²) >= 11 is 0. The van der Waals surface area contributed by atoms with Gasteiger partial charge < -0.3 is 15.6 Å². The molecule has 1 aliphatic heterocycles. The average Bonchev–Trinajstić information content (AvgIpc) is 2.12. The van der Waals surface area contributed by atoms with Gasteiger partial charge in [0.05, 0.1) is 6.20 Å². The van der Waals surface area contributed by atoms with E-state index in [1.807, 2.05) is 0 Å². The minimum atomic E-state index is -3.35. The van der Waals surface area contributed by atoms with Crippen molar-refractivity contribution in [2.24, 2.45) is 4.99 Å². The smallest absolute Gasteiger partial charge is 0.376 e. The van der Waals surface area contributed by atoms with Crippen molar-refractivity contribution < 1.29 is 46.3 Å². The molecular weight excluding hydrogens is 262 g/mol. The SMILES string of the molecule is [O-][N+](O)(O)C1=NC([N+]([O-])(O)O)N([N+]([O-])(O)O)C=C1. The molecule has 0 saturated carbocycles. The first-order valence-electron chi connectivity index (χ1n) is 4.05. The first-order valence-corrected chi connectivity index (χ1v) is 4.05. The molecule has 1 atom stereocenters. The zero-order valence-electron chi connectivity index (χ0n) is 8.38. The summed E-state index contributed by atoms with van der Waals surface area (Å²) in [6, 6.07) is 0. The van der Waals surface area contributed by atoms with Gasteiger partial charge in [-0.2, -0.15) is 31.2 Å².